The fraction of sp³-hybridized carbons (Fsp3) is 0.429. The van der Waals surface area contributed by atoms with Gasteiger partial charge in [-0.05, 0) is 32.9 Å². The molecule has 2 N–H and O–H groups in total. The maximum absolute atomic E-state index is 4.77. The summed E-state index contributed by atoms with van der Waals surface area (Å²) in [5.41, 5.74) is 4.33. The first kappa shape index (κ1) is 23.8. The molecule has 0 radical (unpaired) electrons. The monoisotopic (exact) mass is 522 g/mol. The van der Waals surface area contributed by atoms with Crippen molar-refractivity contribution in [2.24, 2.45) is 4.99 Å². The number of benzene rings is 1. The molecule has 30 heavy (non-hydrogen) atoms. The Labute approximate surface area is 195 Å². The normalized spacial score (nSPS) is 11.3. The van der Waals surface area contributed by atoms with Crippen molar-refractivity contribution in [2.75, 3.05) is 13.1 Å². The van der Waals surface area contributed by atoms with Crippen molar-refractivity contribution < 1.29 is 0 Å². The summed E-state index contributed by atoms with van der Waals surface area (Å²) in [6.07, 6.45) is 2.65. The van der Waals surface area contributed by atoms with Crippen LogP contribution < -0.4 is 10.6 Å². The largest absolute Gasteiger partial charge is 0.357 e. The molecule has 2 heterocycles. The van der Waals surface area contributed by atoms with Gasteiger partial charge in [0.25, 0.3) is 0 Å². The second kappa shape index (κ2) is 11.7. The highest BCUT2D eigenvalue weighted by Gasteiger charge is 2.12. The minimum atomic E-state index is 0. The third kappa shape index (κ3) is 5.80. The topological polar surface area (TPSA) is 85.0 Å². The van der Waals surface area contributed by atoms with Crippen molar-refractivity contribution in [2.45, 2.75) is 47.2 Å². The Morgan fingerprint density at radius 3 is 2.57 bits per heavy atom. The minimum Gasteiger partial charge on any atom is -0.357 e. The average Bonchev–Trinajstić information content (AvgIpc) is 3.30. The lowest BCUT2D eigenvalue weighted by Crippen LogP contribution is -2.39. The third-order valence-electron chi connectivity index (χ3n) is 4.84. The van der Waals surface area contributed by atoms with Crippen LogP contribution in [0.2, 0.25) is 0 Å². The van der Waals surface area contributed by atoms with Gasteiger partial charge in [0, 0.05) is 37.3 Å². The van der Waals surface area contributed by atoms with Gasteiger partial charge >= 0.3 is 0 Å². The van der Waals surface area contributed by atoms with Crippen molar-refractivity contribution in [1.29, 1.82) is 0 Å². The van der Waals surface area contributed by atoms with Crippen molar-refractivity contribution in [3.63, 3.8) is 0 Å². The molecule has 1 aromatic carbocycles. The molecule has 0 aliphatic rings. The van der Waals surface area contributed by atoms with E-state index in [4.69, 9.17) is 10.1 Å². The molecule has 0 unspecified atom stereocenters. The van der Waals surface area contributed by atoms with Gasteiger partial charge < -0.3 is 15.2 Å². The van der Waals surface area contributed by atoms with Gasteiger partial charge in [-0.2, -0.15) is 5.10 Å². The second-order valence-corrected chi connectivity index (χ2v) is 6.81. The van der Waals surface area contributed by atoms with Crippen LogP contribution in [0.25, 0.3) is 5.69 Å². The SMILES string of the molecule is CCNC(=NCc1c(C)nn(-c2ccccc2)c1C)NCCn1cnnc1CC.I. The summed E-state index contributed by atoms with van der Waals surface area (Å²) in [6, 6.07) is 10.2. The molecular weight excluding hydrogens is 491 g/mol. The molecule has 0 saturated heterocycles. The number of halogens is 1. The summed E-state index contributed by atoms with van der Waals surface area (Å²) in [6.45, 7) is 11.2. The smallest absolute Gasteiger partial charge is 0.191 e. The number of hydrogen-bond acceptors (Lipinski definition) is 4. The van der Waals surface area contributed by atoms with Crippen LogP contribution in [0.4, 0.5) is 0 Å². The molecule has 0 fully saturated rings. The van der Waals surface area contributed by atoms with Crippen LogP contribution in [0.5, 0.6) is 0 Å². The highest BCUT2D eigenvalue weighted by molar-refractivity contribution is 14.0. The van der Waals surface area contributed by atoms with Gasteiger partial charge in [0.05, 0.1) is 17.9 Å². The molecule has 0 bridgehead atoms. The summed E-state index contributed by atoms with van der Waals surface area (Å²) in [4.78, 5) is 4.77. The van der Waals surface area contributed by atoms with Crippen LogP contribution in [0.3, 0.4) is 0 Å². The van der Waals surface area contributed by atoms with E-state index in [0.717, 1.165) is 60.5 Å². The summed E-state index contributed by atoms with van der Waals surface area (Å²) in [5, 5.41) is 19.5. The third-order valence-corrected chi connectivity index (χ3v) is 4.84. The van der Waals surface area contributed by atoms with Crippen LogP contribution in [0.1, 0.15) is 36.6 Å². The van der Waals surface area contributed by atoms with E-state index in [1.807, 2.05) is 29.8 Å². The van der Waals surface area contributed by atoms with Crippen LogP contribution in [-0.2, 0) is 19.5 Å². The standard InChI is InChI=1S/C21H30N8.HI/c1-5-20-26-25-15-28(20)13-12-23-21(22-6-2)24-14-19-16(3)27-29(17(19)4)18-10-8-7-9-11-18;/h7-11,15H,5-6,12-14H2,1-4H3,(H2,22,23,24);1H. The fourth-order valence-electron chi connectivity index (χ4n) is 3.26. The zero-order chi connectivity index (χ0) is 20.6. The van der Waals surface area contributed by atoms with Gasteiger partial charge in [-0.1, -0.05) is 25.1 Å². The van der Waals surface area contributed by atoms with Crippen molar-refractivity contribution in [3.05, 3.63) is 59.4 Å². The highest BCUT2D eigenvalue weighted by Crippen LogP contribution is 2.18. The first-order valence-electron chi connectivity index (χ1n) is 10.1. The first-order valence-corrected chi connectivity index (χ1v) is 10.1. The lowest BCUT2D eigenvalue weighted by Gasteiger charge is -2.12. The van der Waals surface area contributed by atoms with Crippen molar-refractivity contribution >= 4 is 29.9 Å². The van der Waals surface area contributed by atoms with Gasteiger partial charge in [0.2, 0.25) is 0 Å². The molecule has 0 aliphatic carbocycles. The lowest BCUT2D eigenvalue weighted by molar-refractivity contribution is 0.632. The van der Waals surface area contributed by atoms with Gasteiger partial charge in [-0.3, -0.25) is 0 Å². The van der Waals surface area contributed by atoms with Crippen LogP contribution in [0.15, 0.2) is 41.7 Å². The highest BCUT2D eigenvalue weighted by atomic mass is 127. The molecule has 3 rings (SSSR count). The zero-order valence-electron chi connectivity index (χ0n) is 18.1. The Morgan fingerprint density at radius 2 is 1.87 bits per heavy atom. The maximum atomic E-state index is 4.77. The van der Waals surface area contributed by atoms with Gasteiger partial charge in [0.1, 0.15) is 12.2 Å². The summed E-state index contributed by atoms with van der Waals surface area (Å²) < 4.78 is 4.05. The molecule has 2 aromatic heterocycles. The van der Waals surface area contributed by atoms with Crippen molar-refractivity contribution in [1.82, 2.24) is 35.2 Å². The molecule has 0 aliphatic heterocycles. The van der Waals surface area contributed by atoms with Crippen LogP contribution >= 0.6 is 24.0 Å². The molecule has 0 amide bonds. The van der Waals surface area contributed by atoms with Gasteiger partial charge in [0.15, 0.2) is 5.96 Å². The number of hydrogen-bond donors (Lipinski definition) is 2. The molecule has 0 atom stereocenters. The minimum absolute atomic E-state index is 0. The summed E-state index contributed by atoms with van der Waals surface area (Å²) in [7, 11) is 0. The average molecular weight is 522 g/mol. The molecule has 8 nitrogen and oxygen atoms in total. The van der Waals surface area contributed by atoms with Gasteiger partial charge in [-0.25, -0.2) is 9.67 Å². The number of rotatable bonds is 8. The Morgan fingerprint density at radius 1 is 1.10 bits per heavy atom. The maximum Gasteiger partial charge on any atom is 0.191 e. The first-order chi connectivity index (χ1) is 14.1. The summed E-state index contributed by atoms with van der Waals surface area (Å²) >= 11 is 0. The number of aliphatic imine (C=N–C) groups is 1. The number of aromatic nitrogens is 5. The van der Waals surface area contributed by atoms with Crippen LogP contribution in [-0.4, -0.2) is 43.6 Å². The number of nitrogens with zero attached hydrogens (tertiary/aromatic N) is 6. The van der Waals surface area contributed by atoms with E-state index in [-0.39, 0.29) is 24.0 Å². The molecule has 9 heteroatoms. The second-order valence-electron chi connectivity index (χ2n) is 6.81. The van der Waals surface area contributed by atoms with E-state index in [9.17, 15) is 0 Å². The Hall–Kier alpha value is -2.43. The lowest BCUT2D eigenvalue weighted by atomic mass is 10.2. The Bertz CT molecular complexity index is 945. The number of guanidine groups is 1. The van der Waals surface area contributed by atoms with E-state index in [1.165, 1.54) is 0 Å². The summed E-state index contributed by atoms with van der Waals surface area (Å²) in [5.74, 6) is 1.79. The van der Waals surface area contributed by atoms with E-state index in [2.05, 4.69) is 58.3 Å². The fourth-order valence-corrected chi connectivity index (χ4v) is 3.26. The predicted molar refractivity (Wildman–Crippen MR) is 131 cm³/mol. The van der Waals surface area contributed by atoms with E-state index in [0.29, 0.717) is 6.54 Å². The van der Waals surface area contributed by atoms with E-state index in [1.54, 1.807) is 6.33 Å². The Kier molecular flexibility index (Phi) is 9.28. The number of aryl methyl sites for hydroxylation is 2. The van der Waals surface area contributed by atoms with E-state index >= 15 is 0 Å². The predicted octanol–water partition coefficient (Wildman–Crippen LogP) is 3.02. The molecule has 162 valence electrons. The number of nitrogens with one attached hydrogen (secondary N) is 2. The van der Waals surface area contributed by atoms with Gasteiger partial charge in [-0.15, -0.1) is 34.2 Å². The molecular formula is C21H31IN8. The van der Waals surface area contributed by atoms with E-state index < -0.39 is 0 Å². The molecule has 0 saturated carbocycles. The number of para-hydroxylation sites is 1. The quantitative estimate of drug-likeness (QED) is 0.270. The Balaban J connectivity index is 0.00000320. The van der Waals surface area contributed by atoms with Crippen LogP contribution in [0, 0.1) is 13.8 Å². The zero-order valence-corrected chi connectivity index (χ0v) is 20.4. The van der Waals surface area contributed by atoms with Crippen molar-refractivity contribution in [3.8, 4) is 5.69 Å². The molecule has 0 spiro atoms. The molecule has 3 aromatic rings.